The summed E-state index contributed by atoms with van der Waals surface area (Å²) in [5, 5.41) is 3.34. The second-order valence-corrected chi connectivity index (χ2v) is 3.90. The average molecular weight is 213 g/mol. The number of ether oxygens (including phenoxy) is 2. The van der Waals surface area contributed by atoms with Crippen LogP contribution in [0, 0.1) is 0 Å². The third-order valence-corrected chi connectivity index (χ3v) is 2.41. The van der Waals surface area contributed by atoms with Crippen LogP contribution in [-0.2, 0) is 14.3 Å². The molecule has 0 aromatic carbocycles. The van der Waals surface area contributed by atoms with E-state index < -0.39 is 0 Å². The standard InChI is InChI=1S/C11H19NO3/c1-3-15-10(13)5-4-7-12-11(2)6-8-14-9-11/h4-5,12H,3,6-9H2,1-2H3/b5-4+. The Morgan fingerprint density at radius 2 is 2.47 bits per heavy atom. The Morgan fingerprint density at radius 1 is 1.67 bits per heavy atom. The summed E-state index contributed by atoms with van der Waals surface area (Å²) in [7, 11) is 0. The SMILES string of the molecule is CCOC(=O)/C=C/CNC1(C)CCOC1. The molecule has 4 heteroatoms. The lowest BCUT2D eigenvalue weighted by molar-refractivity contribution is -0.137. The van der Waals surface area contributed by atoms with Crippen LogP contribution >= 0.6 is 0 Å². The lowest BCUT2D eigenvalue weighted by Crippen LogP contribution is -2.42. The van der Waals surface area contributed by atoms with Crippen LogP contribution in [0.15, 0.2) is 12.2 Å². The van der Waals surface area contributed by atoms with Gasteiger partial charge in [-0.1, -0.05) is 6.08 Å². The van der Waals surface area contributed by atoms with E-state index >= 15 is 0 Å². The van der Waals surface area contributed by atoms with Gasteiger partial charge in [-0.2, -0.15) is 0 Å². The van der Waals surface area contributed by atoms with Crippen LogP contribution in [0.25, 0.3) is 0 Å². The molecule has 1 fully saturated rings. The van der Waals surface area contributed by atoms with Gasteiger partial charge in [0, 0.05) is 24.8 Å². The Hall–Kier alpha value is -0.870. The van der Waals surface area contributed by atoms with E-state index in [1.807, 2.05) is 0 Å². The molecule has 0 spiro atoms. The van der Waals surface area contributed by atoms with E-state index in [1.165, 1.54) is 6.08 Å². The summed E-state index contributed by atoms with van der Waals surface area (Å²) < 4.78 is 10.1. The normalized spacial score (nSPS) is 26.0. The highest BCUT2D eigenvalue weighted by atomic mass is 16.5. The van der Waals surface area contributed by atoms with Crippen LogP contribution in [0.4, 0.5) is 0 Å². The zero-order chi connectivity index (χ0) is 11.1. The summed E-state index contributed by atoms with van der Waals surface area (Å²) in [6, 6.07) is 0. The summed E-state index contributed by atoms with van der Waals surface area (Å²) in [6.45, 7) is 6.55. The molecular formula is C11H19NO3. The van der Waals surface area contributed by atoms with Crippen molar-refractivity contribution in [3.63, 3.8) is 0 Å². The minimum absolute atomic E-state index is 0.0546. The fourth-order valence-corrected chi connectivity index (χ4v) is 1.46. The van der Waals surface area contributed by atoms with Crippen molar-refractivity contribution in [2.45, 2.75) is 25.8 Å². The molecule has 0 amide bonds. The van der Waals surface area contributed by atoms with Gasteiger partial charge < -0.3 is 14.8 Å². The summed E-state index contributed by atoms with van der Waals surface area (Å²) in [4.78, 5) is 11.0. The number of carbonyl (C=O) groups is 1. The Labute approximate surface area is 90.6 Å². The number of rotatable bonds is 5. The molecule has 1 heterocycles. The van der Waals surface area contributed by atoms with E-state index in [0.29, 0.717) is 13.2 Å². The largest absolute Gasteiger partial charge is 0.463 e. The fraction of sp³-hybridized carbons (Fsp3) is 0.727. The molecule has 1 rings (SSSR count). The van der Waals surface area contributed by atoms with Gasteiger partial charge >= 0.3 is 5.97 Å². The molecule has 0 bridgehead atoms. The predicted molar refractivity (Wildman–Crippen MR) is 57.6 cm³/mol. The maximum Gasteiger partial charge on any atom is 0.330 e. The summed E-state index contributed by atoms with van der Waals surface area (Å²) in [5.41, 5.74) is 0.0546. The molecule has 1 aliphatic heterocycles. The van der Waals surface area contributed by atoms with Crippen molar-refractivity contribution >= 4 is 5.97 Å². The highest BCUT2D eigenvalue weighted by molar-refractivity contribution is 5.81. The van der Waals surface area contributed by atoms with Crippen LogP contribution < -0.4 is 5.32 Å². The van der Waals surface area contributed by atoms with Crippen LogP contribution in [0.2, 0.25) is 0 Å². The molecule has 0 aliphatic carbocycles. The molecule has 4 nitrogen and oxygen atoms in total. The monoisotopic (exact) mass is 213 g/mol. The van der Waals surface area contributed by atoms with Gasteiger partial charge in [-0.05, 0) is 20.3 Å². The molecule has 0 aromatic heterocycles. The van der Waals surface area contributed by atoms with E-state index in [9.17, 15) is 4.79 Å². The van der Waals surface area contributed by atoms with Crippen molar-refractivity contribution in [1.82, 2.24) is 5.32 Å². The van der Waals surface area contributed by atoms with E-state index in [2.05, 4.69) is 12.2 Å². The molecule has 0 saturated carbocycles. The third kappa shape index (κ3) is 4.44. The first-order valence-corrected chi connectivity index (χ1v) is 5.32. The zero-order valence-electron chi connectivity index (χ0n) is 9.41. The van der Waals surface area contributed by atoms with E-state index in [1.54, 1.807) is 13.0 Å². The van der Waals surface area contributed by atoms with E-state index in [-0.39, 0.29) is 11.5 Å². The van der Waals surface area contributed by atoms with E-state index in [4.69, 9.17) is 9.47 Å². The highest BCUT2D eigenvalue weighted by Gasteiger charge is 2.28. The topological polar surface area (TPSA) is 47.6 Å². The van der Waals surface area contributed by atoms with Gasteiger partial charge in [0.25, 0.3) is 0 Å². The van der Waals surface area contributed by atoms with Crippen LogP contribution in [-0.4, -0.2) is 37.9 Å². The van der Waals surface area contributed by atoms with Crippen molar-refractivity contribution in [3.05, 3.63) is 12.2 Å². The van der Waals surface area contributed by atoms with Crippen LogP contribution in [0.1, 0.15) is 20.3 Å². The fourth-order valence-electron chi connectivity index (χ4n) is 1.46. The first-order valence-electron chi connectivity index (χ1n) is 5.32. The van der Waals surface area contributed by atoms with Crippen molar-refractivity contribution in [3.8, 4) is 0 Å². The molecule has 0 aromatic rings. The summed E-state index contributed by atoms with van der Waals surface area (Å²) in [6.07, 6.45) is 4.25. The Balaban J connectivity index is 2.17. The Kier molecular flexibility index (Phi) is 4.78. The molecule has 0 radical (unpaired) electrons. The lowest BCUT2D eigenvalue weighted by Gasteiger charge is -2.22. The van der Waals surface area contributed by atoms with Gasteiger partial charge in [-0.15, -0.1) is 0 Å². The molecule has 1 N–H and O–H groups in total. The molecule has 1 unspecified atom stereocenters. The summed E-state index contributed by atoms with van der Waals surface area (Å²) >= 11 is 0. The lowest BCUT2D eigenvalue weighted by atomic mass is 10.0. The molecule has 1 saturated heterocycles. The van der Waals surface area contributed by atoms with Crippen molar-refractivity contribution in [2.24, 2.45) is 0 Å². The smallest absolute Gasteiger partial charge is 0.330 e. The third-order valence-electron chi connectivity index (χ3n) is 2.41. The number of carbonyl (C=O) groups excluding carboxylic acids is 1. The first-order chi connectivity index (χ1) is 7.16. The highest BCUT2D eigenvalue weighted by Crippen LogP contribution is 2.16. The molecule has 1 aliphatic rings. The van der Waals surface area contributed by atoms with Gasteiger partial charge in [0.1, 0.15) is 0 Å². The van der Waals surface area contributed by atoms with Gasteiger partial charge in [-0.25, -0.2) is 4.79 Å². The summed E-state index contributed by atoms with van der Waals surface area (Å²) in [5.74, 6) is -0.285. The minimum Gasteiger partial charge on any atom is -0.463 e. The van der Waals surface area contributed by atoms with Crippen molar-refractivity contribution in [2.75, 3.05) is 26.4 Å². The van der Waals surface area contributed by atoms with Crippen LogP contribution in [0.3, 0.4) is 0 Å². The van der Waals surface area contributed by atoms with Gasteiger partial charge in [0.15, 0.2) is 0 Å². The van der Waals surface area contributed by atoms with Crippen LogP contribution in [0.5, 0.6) is 0 Å². The number of hydrogen-bond donors (Lipinski definition) is 1. The molecular weight excluding hydrogens is 194 g/mol. The molecule has 15 heavy (non-hydrogen) atoms. The van der Waals surface area contributed by atoms with Gasteiger partial charge in [-0.3, -0.25) is 0 Å². The average Bonchev–Trinajstić information content (AvgIpc) is 2.61. The molecule has 86 valence electrons. The maximum atomic E-state index is 11.0. The molecule has 1 atom stereocenters. The first kappa shape index (κ1) is 12.2. The number of hydrogen-bond acceptors (Lipinski definition) is 4. The van der Waals surface area contributed by atoms with Crippen molar-refractivity contribution in [1.29, 1.82) is 0 Å². The second kappa shape index (κ2) is 5.88. The Bertz CT molecular complexity index is 232. The van der Waals surface area contributed by atoms with Gasteiger partial charge in [0.2, 0.25) is 0 Å². The van der Waals surface area contributed by atoms with Gasteiger partial charge in [0.05, 0.1) is 13.2 Å². The zero-order valence-corrected chi connectivity index (χ0v) is 9.41. The van der Waals surface area contributed by atoms with E-state index in [0.717, 1.165) is 19.6 Å². The maximum absolute atomic E-state index is 11.0. The number of esters is 1. The number of nitrogens with one attached hydrogen (secondary N) is 1. The quantitative estimate of drug-likeness (QED) is 0.544. The predicted octanol–water partition coefficient (Wildman–Crippen LogP) is 0.874. The van der Waals surface area contributed by atoms with Crippen molar-refractivity contribution < 1.29 is 14.3 Å². The second-order valence-electron chi connectivity index (χ2n) is 3.90. The Morgan fingerprint density at radius 3 is 3.07 bits per heavy atom. The minimum atomic E-state index is -0.285.